The molecule has 0 bridgehead atoms. The van der Waals surface area contributed by atoms with E-state index in [0.717, 1.165) is 52.9 Å². The van der Waals surface area contributed by atoms with Crippen molar-refractivity contribution in [3.05, 3.63) is 48.0 Å². The van der Waals surface area contributed by atoms with Gasteiger partial charge >= 0.3 is 6.09 Å². The van der Waals surface area contributed by atoms with Crippen molar-refractivity contribution in [2.75, 3.05) is 36.7 Å². The van der Waals surface area contributed by atoms with Crippen LogP contribution < -0.4 is 16.4 Å². The molecule has 182 valence electrons. The zero-order valence-corrected chi connectivity index (χ0v) is 20.8. The lowest BCUT2D eigenvalue weighted by atomic mass is 10.1. The Labute approximate surface area is 205 Å². The third kappa shape index (κ3) is 7.79. The highest BCUT2D eigenvalue weighted by atomic mass is 32.2. The zero-order valence-electron chi connectivity index (χ0n) is 19.2. The summed E-state index contributed by atoms with van der Waals surface area (Å²) in [4.78, 5) is 20.8. The topological polar surface area (TPSA) is 128 Å². The van der Waals surface area contributed by atoms with Crippen molar-refractivity contribution in [3.8, 4) is 10.4 Å². The molecule has 34 heavy (non-hydrogen) atoms. The van der Waals surface area contributed by atoms with Gasteiger partial charge in [0.05, 0.1) is 12.2 Å². The minimum atomic E-state index is -0.990. The van der Waals surface area contributed by atoms with Crippen molar-refractivity contribution in [2.24, 2.45) is 5.73 Å². The highest BCUT2D eigenvalue weighted by Gasteiger charge is 2.18. The normalized spacial score (nSPS) is 14.4. The monoisotopic (exact) mass is 503 g/mol. The molecule has 4 rings (SSSR count). The van der Waals surface area contributed by atoms with Crippen LogP contribution in [0.15, 0.2) is 52.9 Å². The number of carbonyl (C=O) groups excluding carboxylic acids is 1. The molecule has 0 saturated carbocycles. The second-order valence-electron chi connectivity index (χ2n) is 7.32. The highest BCUT2D eigenvalue weighted by molar-refractivity contribution is 7.84. The summed E-state index contributed by atoms with van der Waals surface area (Å²) in [5, 5.41) is 8.88. The maximum absolute atomic E-state index is 11.5. The van der Waals surface area contributed by atoms with Crippen LogP contribution in [0.1, 0.15) is 19.8 Å². The lowest BCUT2D eigenvalue weighted by Crippen LogP contribution is -2.28. The number of ether oxygens (including phenoxy) is 2. The molecular formula is C23H29N5O4S2. The molecule has 0 aliphatic carbocycles. The van der Waals surface area contributed by atoms with E-state index in [4.69, 9.17) is 9.72 Å². The molecule has 1 unspecified atom stereocenters. The predicted octanol–water partition coefficient (Wildman–Crippen LogP) is 4.38. The summed E-state index contributed by atoms with van der Waals surface area (Å²) in [5.41, 5.74) is 6.40. The van der Waals surface area contributed by atoms with Crippen molar-refractivity contribution in [1.29, 1.82) is 0 Å². The van der Waals surface area contributed by atoms with Gasteiger partial charge in [-0.25, -0.2) is 9.78 Å². The Morgan fingerprint density at radius 2 is 2.00 bits per heavy atom. The third-order valence-corrected chi connectivity index (χ3v) is 6.71. The summed E-state index contributed by atoms with van der Waals surface area (Å²) in [6.07, 6.45) is 4.75. The fraction of sp³-hybridized carbons (Fsp3) is 0.348. The molecule has 3 heterocycles. The molecule has 11 heteroatoms. The van der Waals surface area contributed by atoms with Crippen LogP contribution in [-0.4, -0.2) is 52.4 Å². The van der Waals surface area contributed by atoms with Gasteiger partial charge in [0.25, 0.3) is 0 Å². The molecule has 1 aromatic carbocycles. The van der Waals surface area contributed by atoms with Crippen LogP contribution in [0.3, 0.4) is 0 Å². The van der Waals surface area contributed by atoms with Crippen LogP contribution in [0.4, 0.5) is 22.2 Å². The van der Waals surface area contributed by atoms with E-state index < -0.39 is 16.9 Å². The average Bonchev–Trinajstić information content (AvgIpc) is 3.35. The molecule has 1 saturated heterocycles. The second-order valence-corrected chi connectivity index (χ2v) is 9.65. The van der Waals surface area contributed by atoms with Gasteiger partial charge in [0.1, 0.15) is 5.82 Å². The van der Waals surface area contributed by atoms with E-state index in [1.165, 1.54) is 0 Å². The molecule has 9 nitrogen and oxygen atoms in total. The Bertz CT molecular complexity index is 1070. The van der Waals surface area contributed by atoms with E-state index in [2.05, 4.69) is 37.5 Å². The van der Waals surface area contributed by atoms with E-state index in [9.17, 15) is 9.00 Å². The van der Waals surface area contributed by atoms with Gasteiger partial charge in [0.15, 0.2) is 0 Å². The first-order chi connectivity index (χ1) is 16.5. The highest BCUT2D eigenvalue weighted by Crippen LogP contribution is 2.32. The van der Waals surface area contributed by atoms with Crippen molar-refractivity contribution in [1.82, 2.24) is 9.97 Å². The number of hydrogen-bond donors (Lipinski definition) is 3. The van der Waals surface area contributed by atoms with Crippen LogP contribution in [0.5, 0.6) is 0 Å². The number of nitrogens with zero attached hydrogens (tertiary/aromatic N) is 2. The number of nitrogens with one attached hydrogen (secondary N) is 2. The van der Waals surface area contributed by atoms with Crippen LogP contribution in [0.2, 0.25) is 0 Å². The van der Waals surface area contributed by atoms with Crippen LogP contribution >= 0.6 is 11.3 Å². The maximum atomic E-state index is 11.5. The van der Waals surface area contributed by atoms with E-state index in [0.29, 0.717) is 18.6 Å². The first-order valence-corrected chi connectivity index (χ1v) is 13.3. The first kappa shape index (κ1) is 25.6. The lowest BCUT2D eigenvalue weighted by molar-refractivity contribution is 0.0904. The number of primary amides is 1. The van der Waals surface area contributed by atoms with E-state index >= 15 is 0 Å². The van der Waals surface area contributed by atoms with Gasteiger partial charge < -0.3 is 25.8 Å². The molecule has 0 spiro atoms. The number of hydrogen-bond acceptors (Lipinski definition) is 9. The number of benzene rings is 1. The fourth-order valence-electron chi connectivity index (χ4n) is 3.20. The molecule has 1 aliphatic rings. The summed E-state index contributed by atoms with van der Waals surface area (Å²) in [7, 11) is -0.990. The molecule has 1 fully saturated rings. The van der Waals surface area contributed by atoms with Crippen molar-refractivity contribution in [2.45, 2.75) is 30.7 Å². The van der Waals surface area contributed by atoms with Gasteiger partial charge in [0.2, 0.25) is 5.95 Å². The largest absolute Gasteiger partial charge is 0.450 e. The molecule has 1 aliphatic heterocycles. The van der Waals surface area contributed by atoms with Gasteiger partial charge in [-0.05, 0) is 55.5 Å². The number of carbonyl (C=O) groups is 1. The molecular weight excluding hydrogens is 474 g/mol. The molecule has 3 aromatic rings. The smallest absolute Gasteiger partial charge is 0.404 e. The molecule has 1 atom stereocenters. The standard InChI is InChI=1S/C20H22N4O2S2.C3H7NO2/c1-28(25)16-6-4-14(5-7-16)23-20-21-13-17(18-3-2-12-27-18)19(24-20)22-15-8-10-26-11-9-15;1-2-6-3(4)5/h2-7,12-13,15H,8-11H2,1H3,(H2,21,22,23,24);2H2,1H3,(H2,4,5). The van der Waals surface area contributed by atoms with Crippen LogP contribution in [0.25, 0.3) is 10.4 Å². The minimum absolute atomic E-state index is 0.342. The SMILES string of the molecule is CCOC(N)=O.CS(=O)c1ccc(Nc2ncc(-c3cccs3)c(NC3CCOCC3)n2)cc1. The second kappa shape index (κ2) is 13.0. The molecule has 1 amide bonds. The third-order valence-electron chi connectivity index (χ3n) is 4.87. The van der Waals surface area contributed by atoms with E-state index in [1.54, 1.807) is 24.5 Å². The average molecular weight is 504 g/mol. The van der Waals surface area contributed by atoms with E-state index in [-0.39, 0.29) is 0 Å². The number of amides is 1. The molecule has 4 N–H and O–H groups in total. The minimum Gasteiger partial charge on any atom is -0.450 e. The van der Waals surface area contributed by atoms with Crippen molar-refractivity contribution in [3.63, 3.8) is 0 Å². The first-order valence-electron chi connectivity index (χ1n) is 10.8. The summed E-state index contributed by atoms with van der Waals surface area (Å²) < 4.78 is 21.2. The Balaban J connectivity index is 0.000000481. The van der Waals surface area contributed by atoms with Crippen molar-refractivity contribution >= 4 is 45.7 Å². The summed E-state index contributed by atoms with van der Waals surface area (Å²) in [6.45, 7) is 3.60. The number of rotatable bonds is 7. The number of thiophene rings is 1. The van der Waals surface area contributed by atoms with Gasteiger partial charge in [0, 0.05) is 58.0 Å². The zero-order chi connectivity index (χ0) is 24.3. The number of aromatic nitrogens is 2. The Morgan fingerprint density at radius 1 is 1.26 bits per heavy atom. The summed E-state index contributed by atoms with van der Waals surface area (Å²) in [6, 6.07) is 11.9. The Hall–Kier alpha value is -3.02. The molecule has 2 aromatic heterocycles. The Kier molecular flexibility index (Phi) is 9.80. The maximum Gasteiger partial charge on any atom is 0.404 e. The fourth-order valence-corrected chi connectivity index (χ4v) is 4.46. The lowest BCUT2D eigenvalue weighted by Gasteiger charge is -2.24. The van der Waals surface area contributed by atoms with Crippen LogP contribution in [-0.2, 0) is 20.3 Å². The number of anilines is 3. The summed E-state index contributed by atoms with van der Waals surface area (Å²) in [5.74, 6) is 1.36. The van der Waals surface area contributed by atoms with Crippen molar-refractivity contribution < 1.29 is 18.5 Å². The van der Waals surface area contributed by atoms with Gasteiger partial charge in [-0.15, -0.1) is 11.3 Å². The van der Waals surface area contributed by atoms with Gasteiger partial charge in [-0.2, -0.15) is 4.98 Å². The summed E-state index contributed by atoms with van der Waals surface area (Å²) >= 11 is 1.67. The van der Waals surface area contributed by atoms with Crippen LogP contribution in [0, 0.1) is 0 Å². The van der Waals surface area contributed by atoms with Gasteiger partial charge in [-0.1, -0.05) is 6.07 Å². The quantitative estimate of drug-likeness (QED) is 0.433. The Morgan fingerprint density at radius 3 is 2.56 bits per heavy atom. The number of nitrogens with two attached hydrogens (primary N) is 1. The predicted molar refractivity (Wildman–Crippen MR) is 136 cm³/mol. The molecule has 0 radical (unpaired) electrons. The van der Waals surface area contributed by atoms with Gasteiger partial charge in [-0.3, -0.25) is 4.21 Å². The van der Waals surface area contributed by atoms with E-state index in [1.807, 2.05) is 36.5 Å².